The van der Waals surface area contributed by atoms with E-state index in [2.05, 4.69) is 20.9 Å². The van der Waals surface area contributed by atoms with Crippen LogP contribution >= 0.6 is 0 Å². The molecule has 25 heavy (non-hydrogen) atoms. The van der Waals surface area contributed by atoms with Crippen molar-refractivity contribution in [3.8, 4) is 0 Å². The standard InChI is InChI=1S/C20H25N3O2/c1-2-18(12-22-7-1)13-23-15-20(16-23)19(6-11-25-20)5-10-24-14-17-3-8-21-9-4-17/h1-4,7-9,12,19H,5-6,10-11,13-16H2/t19-/m1/s1. The van der Waals surface area contributed by atoms with Crippen LogP contribution in [0.15, 0.2) is 49.1 Å². The summed E-state index contributed by atoms with van der Waals surface area (Å²) < 4.78 is 12.0. The fraction of sp³-hybridized carbons (Fsp3) is 0.500. The van der Waals surface area contributed by atoms with Gasteiger partial charge in [-0.1, -0.05) is 6.07 Å². The molecule has 0 bridgehead atoms. The van der Waals surface area contributed by atoms with Crippen LogP contribution in [0.4, 0.5) is 0 Å². The van der Waals surface area contributed by atoms with Crippen LogP contribution in [0.1, 0.15) is 24.0 Å². The number of pyridine rings is 2. The summed E-state index contributed by atoms with van der Waals surface area (Å²) in [6, 6.07) is 8.14. The molecule has 5 nitrogen and oxygen atoms in total. The molecule has 2 saturated heterocycles. The van der Waals surface area contributed by atoms with Crippen molar-refractivity contribution in [1.82, 2.24) is 14.9 Å². The summed E-state index contributed by atoms with van der Waals surface area (Å²) >= 11 is 0. The second-order valence-corrected chi connectivity index (χ2v) is 7.10. The Balaban J connectivity index is 1.22. The van der Waals surface area contributed by atoms with Gasteiger partial charge in [-0.15, -0.1) is 0 Å². The van der Waals surface area contributed by atoms with Gasteiger partial charge in [-0.3, -0.25) is 14.9 Å². The van der Waals surface area contributed by atoms with Crippen molar-refractivity contribution >= 4 is 0 Å². The van der Waals surface area contributed by atoms with E-state index in [-0.39, 0.29) is 5.60 Å². The van der Waals surface area contributed by atoms with Gasteiger partial charge in [0.1, 0.15) is 0 Å². The first-order chi connectivity index (χ1) is 12.3. The van der Waals surface area contributed by atoms with Gasteiger partial charge in [-0.25, -0.2) is 0 Å². The van der Waals surface area contributed by atoms with Crippen molar-refractivity contribution < 1.29 is 9.47 Å². The molecule has 0 amide bonds. The highest BCUT2D eigenvalue weighted by atomic mass is 16.5. The molecule has 2 aliphatic heterocycles. The molecule has 1 atom stereocenters. The third-order valence-corrected chi connectivity index (χ3v) is 5.34. The average Bonchev–Trinajstić information content (AvgIpc) is 3.04. The lowest BCUT2D eigenvalue weighted by Crippen LogP contribution is -2.64. The average molecular weight is 339 g/mol. The topological polar surface area (TPSA) is 47.5 Å². The van der Waals surface area contributed by atoms with E-state index in [1.54, 1.807) is 0 Å². The van der Waals surface area contributed by atoms with Gasteiger partial charge in [-0.2, -0.15) is 0 Å². The van der Waals surface area contributed by atoms with Crippen LogP contribution in [0.2, 0.25) is 0 Å². The normalized spacial score (nSPS) is 22.2. The number of hydrogen-bond acceptors (Lipinski definition) is 5. The van der Waals surface area contributed by atoms with Gasteiger partial charge in [0.15, 0.2) is 0 Å². The van der Waals surface area contributed by atoms with Crippen molar-refractivity contribution in [3.05, 3.63) is 60.2 Å². The predicted molar refractivity (Wildman–Crippen MR) is 94.8 cm³/mol. The first-order valence-corrected chi connectivity index (χ1v) is 9.06. The van der Waals surface area contributed by atoms with E-state index in [0.29, 0.717) is 12.5 Å². The molecule has 0 unspecified atom stereocenters. The Morgan fingerprint density at radius 1 is 1.12 bits per heavy atom. The SMILES string of the molecule is c1cncc(CN2CC3(C2)OCC[C@H]3CCOCc2ccncc2)c1. The molecule has 2 aromatic heterocycles. The van der Waals surface area contributed by atoms with Gasteiger partial charge in [0.25, 0.3) is 0 Å². The zero-order chi connectivity index (χ0) is 17.0. The van der Waals surface area contributed by atoms with Crippen molar-refractivity contribution in [2.24, 2.45) is 5.92 Å². The molecule has 4 rings (SSSR count). The minimum absolute atomic E-state index is 0.0578. The third-order valence-electron chi connectivity index (χ3n) is 5.34. The number of ether oxygens (including phenoxy) is 2. The van der Waals surface area contributed by atoms with Gasteiger partial charge in [0, 0.05) is 57.6 Å². The van der Waals surface area contributed by atoms with Crippen molar-refractivity contribution in [2.45, 2.75) is 31.6 Å². The van der Waals surface area contributed by atoms with Crippen molar-refractivity contribution in [2.75, 3.05) is 26.3 Å². The molecule has 0 N–H and O–H groups in total. The summed E-state index contributed by atoms with van der Waals surface area (Å²) in [7, 11) is 0. The van der Waals surface area contributed by atoms with Crippen LogP contribution < -0.4 is 0 Å². The molecule has 132 valence electrons. The largest absolute Gasteiger partial charge is 0.377 e. The van der Waals surface area contributed by atoms with E-state index in [0.717, 1.165) is 45.7 Å². The van der Waals surface area contributed by atoms with Crippen molar-refractivity contribution in [3.63, 3.8) is 0 Å². The summed E-state index contributed by atoms with van der Waals surface area (Å²) in [4.78, 5) is 10.7. The van der Waals surface area contributed by atoms with Crippen LogP contribution in [0.25, 0.3) is 0 Å². The summed E-state index contributed by atoms with van der Waals surface area (Å²) in [5, 5.41) is 0. The maximum absolute atomic E-state index is 6.15. The Morgan fingerprint density at radius 2 is 2.00 bits per heavy atom. The zero-order valence-electron chi connectivity index (χ0n) is 14.5. The highest BCUT2D eigenvalue weighted by molar-refractivity contribution is 5.12. The van der Waals surface area contributed by atoms with E-state index in [9.17, 15) is 0 Å². The molecular formula is C20H25N3O2. The molecule has 2 fully saturated rings. The van der Waals surface area contributed by atoms with E-state index in [1.165, 1.54) is 11.1 Å². The van der Waals surface area contributed by atoms with Crippen LogP contribution in [-0.2, 0) is 22.6 Å². The fourth-order valence-corrected chi connectivity index (χ4v) is 4.01. The Kier molecular flexibility index (Phi) is 5.06. The molecule has 5 heteroatoms. The maximum Gasteiger partial charge on any atom is 0.0964 e. The molecule has 2 aromatic rings. The minimum Gasteiger partial charge on any atom is -0.377 e. The monoisotopic (exact) mass is 339 g/mol. The molecular weight excluding hydrogens is 314 g/mol. The Labute approximate surface area is 149 Å². The van der Waals surface area contributed by atoms with Crippen LogP contribution in [0, 0.1) is 5.92 Å². The second kappa shape index (κ2) is 7.60. The summed E-state index contributed by atoms with van der Waals surface area (Å²) in [5.41, 5.74) is 2.51. The highest BCUT2D eigenvalue weighted by Crippen LogP contribution is 2.42. The predicted octanol–water partition coefficient (Wildman–Crippen LogP) is 2.67. The van der Waals surface area contributed by atoms with E-state index in [4.69, 9.17) is 9.47 Å². The Morgan fingerprint density at radius 3 is 2.80 bits per heavy atom. The first-order valence-electron chi connectivity index (χ1n) is 9.06. The number of hydrogen-bond donors (Lipinski definition) is 0. The van der Waals surface area contributed by atoms with Gasteiger partial charge in [0.05, 0.1) is 12.2 Å². The lowest BCUT2D eigenvalue weighted by atomic mass is 9.79. The van der Waals surface area contributed by atoms with E-state index in [1.807, 2.05) is 43.0 Å². The van der Waals surface area contributed by atoms with Gasteiger partial charge >= 0.3 is 0 Å². The highest BCUT2D eigenvalue weighted by Gasteiger charge is 2.52. The first kappa shape index (κ1) is 16.6. The van der Waals surface area contributed by atoms with Crippen LogP contribution in [0.5, 0.6) is 0 Å². The molecule has 0 radical (unpaired) electrons. The number of rotatable bonds is 7. The van der Waals surface area contributed by atoms with Gasteiger partial charge in [0.2, 0.25) is 0 Å². The summed E-state index contributed by atoms with van der Waals surface area (Å²) in [5.74, 6) is 0.607. The van der Waals surface area contributed by atoms with Crippen LogP contribution in [0.3, 0.4) is 0 Å². The molecule has 0 aromatic carbocycles. The maximum atomic E-state index is 6.15. The van der Waals surface area contributed by atoms with E-state index < -0.39 is 0 Å². The second-order valence-electron chi connectivity index (χ2n) is 7.10. The molecule has 4 heterocycles. The molecule has 0 saturated carbocycles. The number of likely N-dealkylation sites (tertiary alicyclic amines) is 1. The molecule has 1 spiro atoms. The van der Waals surface area contributed by atoms with E-state index >= 15 is 0 Å². The quantitative estimate of drug-likeness (QED) is 0.726. The summed E-state index contributed by atoms with van der Waals surface area (Å²) in [6.07, 6.45) is 9.62. The van der Waals surface area contributed by atoms with Crippen molar-refractivity contribution in [1.29, 1.82) is 0 Å². The fourth-order valence-electron chi connectivity index (χ4n) is 4.01. The number of aromatic nitrogens is 2. The smallest absolute Gasteiger partial charge is 0.0964 e. The molecule has 0 aliphatic carbocycles. The lowest BCUT2D eigenvalue weighted by molar-refractivity contribution is -0.139. The number of nitrogens with zero attached hydrogens (tertiary/aromatic N) is 3. The molecule has 2 aliphatic rings. The Bertz CT molecular complexity index is 659. The third kappa shape index (κ3) is 3.89. The Hall–Kier alpha value is -1.82. The lowest BCUT2D eigenvalue weighted by Gasteiger charge is -2.50. The summed E-state index contributed by atoms with van der Waals surface area (Å²) in [6.45, 7) is 5.35. The minimum atomic E-state index is 0.0578. The van der Waals surface area contributed by atoms with Gasteiger partial charge in [-0.05, 0) is 48.1 Å². The van der Waals surface area contributed by atoms with Gasteiger partial charge < -0.3 is 9.47 Å². The van der Waals surface area contributed by atoms with Crippen LogP contribution in [-0.4, -0.2) is 46.8 Å². The zero-order valence-corrected chi connectivity index (χ0v) is 14.5.